The summed E-state index contributed by atoms with van der Waals surface area (Å²) in [5.74, 6) is 0.862. The van der Waals surface area contributed by atoms with Crippen molar-refractivity contribution in [3.05, 3.63) is 76.5 Å². The van der Waals surface area contributed by atoms with E-state index in [4.69, 9.17) is 0 Å². The number of hydrogen-bond donors (Lipinski definition) is 3. The topological polar surface area (TPSA) is 90.6 Å². The van der Waals surface area contributed by atoms with Crippen molar-refractivity contribution in [1.29, 1.82) is 0 Å². The minimum Gasteiger partial charge on any atom is -0.342 e. The van der Waals surface area contributed by atoms with Crippen LogP contribution in [0.5, 0.6) is 0 Å². The van der Waals surface area contributed by atoms with Crippen LogP contribution < -0.4 is 10.9 Å². The Morgan fingerprint density at radius 1 is 1.07 bits per heavy atom. The first-order valence-corrected chi connectivity index (χ1v) is 9.39. The van der Waals surface area contributed by atoms with Crippen LogP contribution in [0.3, 0.4) is 0 Å². The second-order valence-corrected chi connectivity index (χ2v) is 7.37. The van der Waals surface area contributed by atoms with Crippen LogP contribution in [0.1, 0.15) is 42.5 Å². The molecule has 6 heteroatoms. The van der Waals surface area contributed by atoms with Crippen LogP contribution >= 0.6 is 0 Å². The Balaban J connectivity index is 1.70. The van der Waals surface area contributed by atoms with Gasteiger partial charge in [-0.2, -0.15) is 0 Å². The maximum absolute atomic E-state index is 13.1. The SMILES string of the molecule is CC(C)C[C@H](NC(=O)c1c[nH]c(=O)c2ccccc12)c1nc2ccccc2[nH]1. The van der Waals surface area contributed by atoms with Gasteiger partial charge in [0.15, 0.2) is 0 Å². The van der Waals surface area contributed by atoms with Crippen molar-refractivity contribution < 1.29 is 4.79 Å². The molecule has 0 unspecified atom stereocenters. The van der Waals surface area contributed by atoms with Gasteiger partial charge in [-0.1, -0.05) is 44.2 Å². The third-order valence-corrected chi connectivity index (χ3v) is 4.80. The summed E-state index contributed by atoms with van der Waals surface area (Å²) in [4.78, 5) is 35.8. The van der Waals surface area contributed by atoms with E-state index in [-0.39, 0.29) is 17.5 Å². The van der Waals surface area contributed by atoms with Crippen LogP contribution in [0.15, 0.2) is 59.5 Å². The van der Waals surface area contributed by atoms with Crippen molar-refractivity contribution in [2.75, 3.05) is 0 Å². The van der Waals surface area contributed by atoms with Crippen molar-refractivity contribution in [2.24, 2.45) is 5.92 Å². The zero-order chi connectivity index (χ0) is 19.7. The maximum Gasteiger partial charge on any atom is 0.255 e. The fourth-order valence-electron chi connectivity index (χ4n) is 3.48. The summed E-state index contributed by atoms with van der Waals surface area (Å²) in [5.41, 5.74) is 2.05. The van der Waals surface area contributed by atoms with Gasteiger partial charge in [0.2, 0.25) is 0 Å². The summed E-state index contributed by atoms with van der Waals surface area (Å²) in [5, 5.41) is 4.23. The number of nitrogens with one attached hydrogen (secondary N) is 3. The van der Waals surface area contributed by atoms with E-state index in [1.54, 1.807) is 18.2 Å². The van der Waals surface area contributed by atoms with Crippen LogP contribution in [0, 0.1) is 5.92 Å². The highest BCUT2D eigenvalue weighted by atomic mass is 16.2. The molecule has 6 nitrogen and oxygen atoms in total. The van der Waals surface area contributed by atoms with E-state index in [2.05, 4.69) is 34.1 Å². The highest BCUT2D eigenvalue weighted by Gasteiger charge is 2.22. The van der Waals surface area contributed by atoms with E-state index in [1.807, 2.05) is 30.3 Å². The second-order valence-electron chi connectivity index (χ2n) is 7.37. The molecular weight excluding hydrogens is 352 g/mol. The van der Waals surface area contributed by atoms with E-state index in [0.29, 0.717) is 22.3 Å². The lowest BCUT2D eigenvalue weighted by molar-refractivity contribution is 0.0931. The molecule has 0 saturated heterocycles. The molecule has 4 rings (SSSR count). The Bertz CT molecular complexity index is 1170. The molecule has 0 bridgehead atoms. The number of rotatable bonds is 5. The average molecular weight is 374 g/mol. The molecule has 2 aromatic heterocycles. The smallest absolute Gasteiger partial charge is 0.255 e. The Morgan fingerprint density at radius 2 is 1.79 bits per heavy atom. The molecule has 0 aliphatic rings. The van der Waals surface area contributed by atoms with Crippen LogP contribution in [-0.2, 0) is 0 Å². The lowest BCUT2D eigenvalue weighted by Crippen LogP contribution is -2.31. The van der Waals surface area contributed by atoms with Gasteiger partial charge in [0, 0.05) is 17.0 Å². The highest BCUT2D eigenvalue weighted by Crippen LogP contribution is 2.23. The van der Waals surface area contributed by atoms with E-state index in [9.17, 15) is 9.59 Å². The summed E-state index contributed by atoms with van der Waals surface area (Å²) < 4.78 is 0. The summed E-state index contributed by atoms with van der Waals surface area (Å²) in [7, 11) is 0. The molecule has 2 heterocycles. The summed E-state index contributed by atoms with van der Waals surface area (Å²) >= 11 is 0. The number of nitrogens with zero attached hydrogens (tertiary/aromatic N) is 1. The number of aromatic amines is 2. The Hall–Kier alpha value is -3.41. The van der Waals surface area contributed by atoms with Gasteiger partial charge in [0.25, 0.3) is 11.5 Å². The molecule has 2 aromatic carbocycles. The van der Waals surface area contributed by atoms with Crippen molar-refractivity contribution in [2.45, 2.75) is 26.3 Å². The molecule has 1 amide bonds. The molecule has 142 valence electrons. The molecule has 0 aliphatic carbocycles. The predicted molar refractivity (Wildman–Crippen MR) is 110 cm³/mol. The normalized spacial score (nSPS) is 12.5. The summed E-state index contributed by atoms with van der Waals surface area (Å²) in [6, 6.07) is 14.7. The fourth-order valence-corrected chi connectivity index (χ4v) is 3.48. The molecule has 28 heavy (non-hydrogen) atoms. The third kappa shape index (κ3) is 3.41. The quantitative estimate of drug-likeness (QED) is 0.494. The van der Waals surface area contributed by atoms with Crippen LogP contribution in [0.25, 0.3) is 21.8 Å². The number of hydrogen-bond acceptors (Lipinski definition) is 3. The molecule has 0 radical (unpaired) electrons. The molecule has 0 aliphatic heterocycles. The summed E-state index contributed by atoms with van der Waals surface area (Å²) in [6.45, 7) is 4.22. The van der Waals surface area contributed by atoms with E-state index >= 15 is 0 Å². The lowest BCUT2D eigenvalue weighted by Gasteiger charge is -2.19. The van der Waals surface area contributed by atoms with Crippen molar-refractivity contribution >= 4 is 27.7 Å². The molecule has 0 spiro atoms. The number of amides is 1. The van der Waals surface area contributed by atoms with E-state index < -0.39 is 0 Å². The largest absolute Gasteiger partial charge is 0.342 e. The Morgan fingerprint density at radius 3 is 2.54 bits per heavy atom. The van der Waals surface area contributed by atoms with Gasteiger partial charge < -0.3 is 15.3 Å². The zero-order valence-electron chi connectivity index (χ0n) is 15.8. The number of fused-ring (bicyclic) bond motifs is 2. The van der Waals surface area contributed by atoms with Gasteiger partial charge in [-0.25, -0.2) is 4.98 Å². The van der Waals surface area contributed by atoms with Crippen molar-refractivity contribution in [3.63, 3.8) is 0 Å². The van der Waals surface area contributed by atoms with Gasteiger partial charge in [-0.15, -0.1) is 0 Å². The third-order valence-electron chi connectivity index (χ3n) is 4.80. The molecule has 0 fully saturated rings. The number of imidazole rings is 1. The summed E-state index contributed by atoms with van der Waals surface area (Å²) in [6.07, 6.45) is 2.22. The first-order chi connectivity index (χ1) is 13.5. The standard InChI is InChI=1S/C22H22N4O2/c1-13(2)11-19(20-24-17-9-5-6-10-18(17)25-20)26-22(28)16-12-23-21(27)15-8-4-3-7-14(15)16/h3-10,12-13,19H,11H2,1-2H3,(H,23,27)(H,24,25)(H,26,28)/t19-/m0/s1. The highest BCUT2D eigenvalue weighted by molar-refractivity contribution is 6.06. The molecule has 3 N–H and O–H groups in total. The van der Waals surface area contributed by atoms with Crippen molar-refractivity contribution in [1.82, 2.24) is 20.3 Å². The average Bonchev–Trinajstić information content (AvgIpc) is 3.12. The van der Waals surface area contributed by atoms with Crippen LogP contribution in [0.2, 0.25) is 0 Å². The molecule has 0 saturated carbocycles. The van der Waals surface area contributed by atoms with Crippen molar-refractivity contribution in [3.8, 4) is 0 Å². The number of pyridine rings is 1. The monoisotopic (exact) mass is 374 g/mol. The number of para-hydroxylation sites is 2. The van der Waals surface area contributed by atoms with E-state index in [0.717, 1.165) is 23.3 Å². The fraction of sp³-hybridized carbons (Fsp3) is 0.227. The van der Waals surface area contributed by atoms with Gasteiger partial charge in [0.1, 0.15) is 5.82 Å². The number of H-pyrrole nitrogens is 2. The Kier molecular flexibility index (Phi) is 4.69. The van der Waals surface area contributed by atoms with Gasteiger partial charge in [-0.05, 0) is 30.5 Å². The zero-order valence-corrected chi connectivity index (χ0v) is 15.8. The number of carbonyl (C=O) groups excluding carboxylic acids is 1. The second kappa shape index (κ2) is 7.31. The maximum atomic E-state index is 13.1. The van der Waals surface area contributed by atoms with Gasteiger partial charge in [-0.3, -0.25) is 9.59 Å². The van der Waals surface area contributed by atoms with Crippen LogP contribution in [0.4, 0.5) is 0 Å². The minimum atomic E-state index is -0.259. The number of carbonyl (C=O) groups is 1. The lowest BCUT2D eigenvalue weighted by atomic mass is 10.0. The first-order valence-electron chi connectivity index (χ1n) is 9.39. The van der Waals surface area contributed by atoms with Gasteiger partial charge >= 0.3 is 0 Å². The van der Waals surface area contributed by atoms with Gasteiger partial charge in [0.05, 0.1) is 22.6 Å². The Labute approximate surface area is 162 Å². The molecular formula is C22H22N4O2. The minimum absolute atomic E-state index is 0.205. The molecule has 1 atom stereocenters. The predicted octanol–water partition coefficient (Wildman–Crippen LogP) is 3.92. The molecule has 4 aromatic rings. The van der Waals surface area contributed by atoms with Crippen LogP contribution in [-0.4, -0.2) is 20.9 Å². The number of benzene rings is 2. The number of aromatic nitrogens is 3. The van der Waals surface area contributed by atoms with E-state index in [1.165, 1.54) is 6.20 Å². The first kappa shape index (κ1) is 18.0.